The third kappa shape index (κ3) is 6.49. The zero-order valence-electron chi connectivity index (χ0n) is 11.8. The molecule has 0 aromatic rings. The number of carbonyl (C=O) groups is 1. The van der Waals surface area contributed by atoms with Crippen molar-refractivity contribution in [1.29, 1.82) is 0 Å². The van der Waals surface area contributed by atoms with E-state index in [0.29, 0.717) is 32.5 Å². The summed E-state index contributed by atoms with van der Waals surface area (Å²) in [7, 11) is -3.11. The Morgan fingerprint density at radius 1 is 1.32 bits per heavy atom. The van der Waals surface area contributed by atoms with E-state index in [1.54, 1.807) is 0 Å². The third-order valence-corrected chi connectivity index (χ3v) is 4.90. The lowest BCUT2D eigenvalue weighted by Gasteiger charge is -2.30. The monoisotopic (exact) mass is 290 g/mol. The predicted octanol–water partition coefficient (Wildman–Crippen LogP) is 1.14. The van der Waals surface area contributed by atoms with Gasteiger partial charge in [0.2, 0.25) is 10.0 Å². The number of piperidine rings is 1. The molecule has 0 bridgehead atoms. The average molecular weight is 290 g/mol. The zero-order valence-corrected chi connectivity index (χ0v) is 12.6. The molecule has 5 nitrogen and oxygen atoms in total. The first-order chi connectivity index (χ1) is 8.93. The number of nitrogens with zero attached hydrogens (tertiary/aromatic N) is 1. The first kappa shape index (κ1) is 16.6. The molecule has 1 saturated heterocycles. The number of nitrogens with two attached hydrogens (primary N) is 1. The minimum Gasteiger partial charge on any atom is -0.330 e. The molecule has 1 atom stereocenters. The standard InChI is InChI=1S/C13H26N2O3S/c1-19(17,18)15-9-5-6-12(11-15)10-13(16)7-3-2-4-8-14/h12H,2-11,14H2,1H3. The van der Waals surface area contributed by atoms with E-state index in [1.165, 1.54) is 10.6 Å². The van der Waals surface area contributed by atoms with Crippen LogP contribution in [0.1, 0.15) is 44.9 Å². The summed E-state index contributed by atoms with van der Waals surface area (Å²) >= 11 is 0. The van der Waals surface area contributed by atoms with Crippen LogP contribution in [-0.4, -0.2) is 44.4 Å². The molecule has 2 N–H and O–H groups in total. The van der Waals surface area contributed by atoms with Crippen molar-refractivity contribution in [2.24, 2.45) is 11.7 Å². The first-order valence-corrected chi connectivity index (χ1v) is 8.95. The Morgan fingerprint density at radius 2 is 2.05 bits per heavy atom. The van der Waals surface area contributed by atoms with Gasteiger partial charge in [0.15, 0.2) is 0 Å². The highest BCUT2D eigenvalue weighted by Gasteiger charge is 2.26. The second kappa shape index (κ2) is 7.97. The number of Topliss-reactive ketones (excluding diaryl/α,β-unsaturated/α-hetero) is 1. The van der Waals surface area contributed by atoms with Crippen LogP contribution in [0.15, 0.2) is 0 Å². The van der Waals surface area contributed by atoms with E-state index in [2.05, 4.69) is 0 Å². The van der Waals surface area contributed by atoms with Gasteiger partial charge in [0, 0.05) is 25.9 Å². The van der Waals surface area contributed by atoms with Gasteiger partial charge in [-0.3, -0.25) is 4.79 Å². The predicted molar refractivity (Wildman–Crippen MR) is 76.3 cm³/mol. The minimum absolute atomic E-state index is 0.200. The maximum Gasteiger partial charge on any atom is 0.211 e. The van der Waals surface area contributed by atoms with Gasteiger partial charge in [-0.15, -0.1) is 0 Å². The van der Waals surface area contributed by atoms with Crippen LogP contribution < -0.4 is 5.73 Å². The van der Waals surface area contributed by atoms with Gasteiger partial charge >= 0.3 is 0 Å². The van der Waals surface area contributed by atoms with Crippen LogP contribution in [0.2, 0.25) is 0 Å². The van der Waals surface area contributed by atoms with Crippen LogP contribution in [0.3, 0.4) is 0 Å². The van der Waals surface area contributed by atoms with Crippen molar-refractivity contribution < 1.29 is 13.2 Å². The fourth-order valence-corrected chi connectivity index (χ4v) is 3.50. The second-order valence-corrected chi connectivity index (χ2v) is 7.45. The fraction of sp³-hybridized carbons (Fsp3) is 0.923. The summed E-state index contributed by atoms with van der Waals surface area (Å²) < 4.78 is 24.5. The van der Waals surface area contributed by atoms with E-state index in [0.717, 1.165) is 32.1 Å². The summed E-state index contributed by atoms with van der Waals surface area (Å²) in [5, 5.41) is 0. The smallest absolute Gasteiger partial charge is 0.211 e. The summed E-state index contributed by atoms with van der Waals surface area (Å²) in [6.45, 7) is 1.79. The van der Waals surface area contributed by atoms with Crippen molar-refractivity contribution in [2.75, 3.05) is 25.9 Å². The third-order valence-electron chi connectivity index (χ3n) is 3.63. The Bertz CT molecular complexity index is 381. The zero-order chi connectivity index (χ0) is 14.3. The lowest BCUT2D eigenvalue weighted by molar-refractivity contribution is -0.120. The van der Waals surface area contributed by atoms with Gasteiger partial charge in [-0.1, -0.05) is 6.42 Å². The average Bonchev–Trinajstić information content (AvgIpc) is 2.34. The van der Waals surface area contributed by atoms with E-state index in [4.69, 9.17) is 5.73 Å². The summed E-state index contributed by atoms with van der Waals surface area (Å²) in [5.74, 6) is 0.461. The van der Waals surface area contributed by atoms with Crippen LogP contribution >= 0.6 is 0 Å². The van der Waals surface area contributed by atoms with Gasteiger partial charge < -0.3 is 5.73 Å². The van der Waals surface area contributed by atoms with Gasteiger partial charge in [0.1, 0.15) is 5.78 Å². The second-order valence-electron chi connectivity index (χ2n) is 5.47. The molecule has 1 unspecified atom stereocenters. The topological polar surface area (TPSA) is 80.5 Å². The summed E-state index contributed by atoms with van der Waals surface area (Å²) in [6.07, 6.45) is 7.06. The summed E-state index contributed by atoms with van der Waals surface area (Å²) in [6, 6.07) is 0. The van der Waals surface area contributed by atoms with E-state index in [1.807, 2.05) is 0 Å². The molecule has 0 aromatic carbocycles. The molecule has 1 aliphatic heterocycles. The van der Waals surface area contributed by atoms with Crippen molar-refractivity contribution in [2.45, 2.75) is 44.9 Å². The van der Waals surface area contributed by atoms with Gasteiger partial charge in [0.05, 0.1) is 6.26 Å². The van der Waals surface area contributed by atoms with Crippen molar-refractivity contribution in [3.63, 3.8) is 0 Å². The molecule has 6 heteroatoms. The number of sulfonamides is 1. The highest BCUT2D eigenvalue weighted by Crippen LogP contribution is 2.22. The van der Waals surface area contributed by atoms with Crippen LogP contribution in [0, 0.1) is 5.92 Å². The normalized spacial score (nSPS) is 21.5. The van der Waals surface area contributed by atoms with E-state index in [9.17, 15) is 13.2 Å². The van der Waals surface area contributed by atoms with Crippen LogP contribution in [0.4, 0.5) is 0 Å². The molecule has 0 radical (unpaired) electrons. The number of carbonyl (C=O) groups excluding carboxylic acids is 1. The Balaban J connectivity index is 2.30. The fourth-order valence-electron chi connectivity index (χ4n) is 2.56. The molecule has 0 spiro atoms. The Labute approximate surface area is 116 Å². The maximum atomic E-state index is 11.8. The van der Waals surface area contributed by atoms with Gasteiger partial charge in [0.25, 0.3) is 0 Å². The number of hydrogen-bond donors (Lipinski definition) is 1. The Morgan fingerprint density at radius 3 is 2.68 bits per heavy atom. The number of hydrogen-bond acceptors (Lipinski definition) is 4. The summed E-state index contributed by atoms with van der Waals surface area (Å²) in [4.78, 5) is 11.8. The Kier molecular flexibility index (Phi) is 6.96. The maximum absolute atomic E-state index is 11.8. The molecule has 0 amide bonds. The molecular formula is C13H26N2O3S. The SMILES string of the molecule is CS(=O)(=O)N1CCCC(CC(=O)CCCCCN)C1. The Hall–Kier alpha value is -0.460. The largest absolute Gasteiger partial charge is 0.330 e. The van der Waals surface area contributed by atoms with Gasteiger partial charge in [-0.2, -0.15) is 0 Å². The quantitative estimate of drug-likeness (QED) is 0.680. The molecule has 112 valence electrons. The highest BCUT2D eigenvalue weighted by atomic mass is 32.2. The van der Waals surface area contributed by atoms with E-state index < -0.39 is 10.0 Å². The van der Waals surface area contributed by atoms with Crippen molar-refractivity contribution in [3.8, 4) is 0 Å². The highest BCUT2D eigenvalue weighted by molar-refractivity contribution is 7.88. The van der Waals surface area contributed by atoms with Crippen LogP contribution in [0.5, 0.6) is 0 Å². The number of rotatable bonds is 8. The molecule has 1 rings (SSSR count). The minimum atomic E-state index is -3.11. The molecule has 1 aliphatic rings. The van der Waals surface area contributed by atoms with Gasteiger partial charge in [-0.25, -0.2) is 12.7 Å². The van der Waals surface area contributed by atoms with E-state index >= 15 is 0 Å². The molecule has 0 aromatic heterocycles. The molecular weight excluding hydrogens is 264 g/mol. The molecule has 1 fully saturated rings. The lowest BCUT2D eigenvalue weighted by Crippen LogP contribution is -2.39. The van der Waals surface area contributed by atoms with Crippen molar-refractivity contribution in [3.05, 3.63) is 0 Å². The van der Waals surface area contributed by atoms with Crippen molar-refractivity contribution in [1.82, 2.24) is 4.31 Å². The van der Waals surface area contributed by atoms with Gasteiger partial charge in [-0.05, 0) is 38.1 Å². The van der Waals surface area contributed by atoms with Crippen LogP contribution in [0.25, 0.3) is 0 Å². The lowest BCUT2D eigenvalue weighted by atomic mass is 9.92. The summed E-state index contributed by atoms with van der Waals surface area (Å²) in [5.41, 5.74) is 5.40. The number of ketones is 1. The molecule has 1 heterocycles. The first-order valence-electron chi connectivity index (χ1n) is 7.10. The van der Waals surface area contributed by atoms with E-state index in [-0.39, 0.29) is 11.7 Å². The molecule has 19 heavy (non-hydrogen) atoms. The number of unbranched alkanes of at least 4 members (excludes halogenated alkanes) is 2. The van der Waals surface area contributed by atoms with Crippen LogP contribution in [-0.2, 0) is 14.8 Å². The molecule has 0 aliphatic carbocycles. The molecule has 0 saturated carbocycles. The van der Waals surface area contributed by atoms with Crippen molar-refractivity contribution >= 4 is 15.8 Å².